The Bertz CT molecular complexity index is 594. The molecule has 1 fully saturated rings. The maximum atomic E-state index is 12.8. The molecule has 0 radical (unpaired) electrons. The molecule has 2 rings (SSSR count). The fourth-order valence-electron chi connectivity index (χ4n) is 3.25. The zero-order valence-corrected chi connectivity index (χ0v) is 17.5. The molecule has 0 aromatic heterocycles. The number of hydrogen-bond acceptors (Lipinski definition) is 4. The molecule has 6 heteroatoms. The second kappa shape index (κ2) is 7.09. The predicted octanol–water partition coefficient (Wildman–Crippen LogP) is 4.56. The summed E-state index contributed by atoms with van der Waals surface area (Å²) >= 11 is 0. The minimum Gasteiger partial charge on any atom is -0.444 e. The molecule has 140 valence electrons. The quantitative estimate of drug-likeness (QED) is 0.579. The summed E-state index contributed by atoms with van der Waals surface area (Å²) in [5, 5.41) is 0. The summed E-state index contributed by atoms with van der Waals surface area (Å²) in [6.45, 7) is 12.6. The van der Waals surface area contributed by atoms with Crippen LogP contribution in [0.15, 0.2) is 30.3 Å². The van der Waals surface area contributed by atoms with Crippen LogP contribution < -0.4 is 0 Å². The number of amides is 1. The Morgan fingerprint density at radius 1 is 1.20 bits per heavy atom. The number of carbonyl (C=O) groups excluding carboxylic acids is 1. The predicted molar refractivity (Wildman–Crippen MR) is 101 cm³/mol. The Morgan fingerprint density at radius 2 is 1.80 bits per heavy atom. The monoisotopic (exact) mass is 365 g/mol. The Kier molecular flexibility index (Phi) is 5.66. The number of hydrogen-bond donors (Lipinski definition) is 0. The van der Waals surface area contributed by atoms with Gasteiger partial charge in [-0.25, -0.2) is 4.79 Å². The van der Waals surface area contributed by atoms with Crippen molar-refractivity contribution < 1.29 is 18.7 Å². The third kappa shape index (κ3) is 4.83. The van der Waals surface area contributed by atoms with Crippen LogP contribution in [-0.4, -0.2) is 44.4 Å². The topological polar surface area (TPSA) is 48.0 Å². The van der Waals surface area contributed by atoms with E-state index in [0.29, 0.717) is 13.0 Å². The molecule has 0 N–H and O–H groups in total. The van der Waals surface area contributed by atoms with E-state index in [-0.39, 0.29) is 12.1 Å². The molecule has 2 unspecified atom stereocenters. The van der Waals surface area contributed by atoms with E-state index in [1.165, 1.54) is 0 Å². The van der Waals surface area contributed by atoms with E-state index in [0.717, 1.165) is 5.56 Å². The third-order valence-corrected chi connectivity index (χ3v) is 4.96. The Morgan fingerprint density at radius 3 is 2.28 bits per heavy atom. The van der Waals surface area contributed by atoms with Gasteiger partial charge in [-0.15, -0.1) is 0 Å². The molecular formula is C19H31NO4Si. The molecule has 0 aliphatic carbocycles. The van der Waals surface area contributed by atoms with E-state index in [1.54, 1.807) is 12.0 Å². The number of methoxy groups -OCH3 is 1. The second-order valence-electron chi connectivity index (χ2n) is 8.47. The van der Waals surface area contributed by atoms with Crippen LogP contribution in [0.2, 0.25) is 19.6 Å². The van der Waals surface area contributed by atoms with E-state index >= 15 is 0 Å². The molecule has 2 atom stereocenters. The zero-order valence-electron chi connectivity index (χ0n) is 16.5. The maximum Gasteiger partial charge on any atom is 0.410 e. The Hall–Kier alpha value is -1.37. The number of nitrogens with zero attached hydrogens (tertiary/aromatic N) is 1. The van der Waals surface area contributed by atoms with Gasteiger partial charge in [-0.2, -0.15) is 0 Å². The van der Waals surface area contributed by atoms with Crippen molar-refractivity contribution in [2.45, 2.75) is 64.3 Å². The van der Waals surface area contributed by atoms with Gasteiger partial charge in [0.2, 0.25) is 0 Å². The van der Waals surface area contributed by atoms with Gasteiger partial charge in [0, 0.05) is 20.1 Å². The summed E-state index contributed by atoms with van der Waals surface area (Å²) in [7, 11) is -0.244. The average molecular weight is 366 g/mol. The molecule has 1 amide bonds. The van der Waals surface area contributed by atoms with Gasteiger partial charge in [-0.05, 0) is 46.0 Å². The summed E-state index contributed by atoms with van der Waals surface area (Å²) in [5.41, 5.74) is 0.446. The SMILES string of the molecule is COC1(O[Si](C)(C)C)CCN(C(=O)OC(C)(C)C)C1c1ccccc1. The summed E-state index contributed by atoms with van der Waals surface area (Å²) in [6, 6.07) is 9.58. The lowest BCUT2D eigenvalue weighted by molar-refractivity contribution is -0.186. The molecule has 0 spiro atoms. The number of rotatable bonds is 4. The average Bonchev–Trinajstić information content (AvgIpc) is 2.84. The molecule has 1 aromatic carbocycles. The molecule has 1 saturated heterocycles. The summed E-state index contributed by atoms with van der Waals surface area (Å²) in [4.78, 5) is 14.6. The van der Waals surface area contributed by atoms with Crippen molar-refractivity contribution in [3.8, 4) is 0 Å². The van der Waals surface area contributed by atoms with Crippen LogP contribution >= 0.6 is 0 Å². The van der Waals surface area contributed by atoms with Crippen molar-refractivity contribution in [2.24, 2.45) is 0 Å². The third-order valence-electron chi connectivity index (χ3n) is 4.00. The number of carbonyl (C=O) groups is 1. The van der Waals surface area contributed by atoms with E-state index in [4.69, 9.17) is 13.9 Å². The first-order valence-corrected chi connectivity index (χ1v) is 12.2. The van der Waals surface area contributed by atoms with Gasteiger partial charge in [0.25, 0.3) is 0 Å². The molecule has 5 nitrogen and oxygen atoms in total. The Labute approximate surface area is 152 Å². The van der Waals surface area contributed by atoms with Crippen LogP contribution in [0.4, 0.5) is 4.79 Å². The van der Waals surface area contributed by atoms with E-state index in [2.05, 4.69) is 19.6 Å². The number of likely N-dealkylation sites (tertiary alicyclic amines) is 1. The highest BCUT2D eigenvalue weighted by atomic mass is 28.4. The molecular weight excluding hydrogens is 334 g/mol. The molecule has 0 bridgehead atoms. The second-order valence-corrected chi connectivity index (χ2v) is 12.9. The van der Waals surface area contributed by atoms with E-state index in [1.807, 2.05) is 51.1 Å². The molecule has 1 aliphatic rings. The number of ether oxygens (including phenoxy) is 2. The fourth-order valence-corrected chi connectivity index (χ4v) is 4.58. The molecule has 25 heavy (non-hydrogen) atoms. The van der Waals surface area contributed by atoms with Gasteiger partial charge in [0.1, 0.15) is 11.6 Å². The standard InChI is InChI=1S/C19H31NO4Si/c1-18(2,3)23-17(21)20-14-13-19(22-4,24-25(5,6)7)16(20)15-11-9-8-10-12-15/h8-12,16H,13-14H2,1-7H3. The van der Waals surface area contributed by atoms with E-state index < -0.39 is 19.7 Å². The minimum absolute atomic E-state index is 0.333. The van der Waals surface area contributed by atoms with Crippen LogP contribution in [0.25, 0.3) is 0 Å². The zero-order chi connectivity index (χ0) is 18.9. The first-order chi connectivity index (χ1) is 11.5. The van der Waals surface area contributed by atoms with Crippen LogP contribution in [0.5, 0.6) is 0 Å². The van der Waals surface area contributed by atoms with Crippen LogP contribution in [0.1, 0.15) is 38.8 Å². The van der Waals surface area contributed by atoms with E-state index in [9.17, 15) is 4.79 Å². The lowest BCUT2D eigenvalue weighted by Crippen LogP contribution is -2.49. The van der Waals surface area contributed by atoms with Gasteiger partial charge in [-0.3, -0.25) is 4.90 Å². The highest BCUT2D eigenvalue weighted by molar-refractivity contribution is 6.69. The van der Waals surface area contributed by atoms with Crippen molar-refractivity contribution in [2.75, 3.05) is 13.7 Å². The first-order valence-electron chi connectivity index (χ1n) is 8.77. The normalized spacial score (nSPS) is 24.4. The Balaban J connectivity index is 2.43. The van der Waals surface area contributed by atoms with Gasteiger partial charge in [0.05, 0.1) is 0 Å². The smallest absolute Gasteiger partial charge is 0.410 e. The molecule has 1 aliphatic heterocycles. The van der Waals surface area contributed by atoms with Crippen molar-refractivity contribution in [3.05, 3.63) is 35.9 Å². The highest BCUT2D eigenvalue weighted by Crippen LogP contribution is 2.45. The molecule has 1 heterocycles. The molecule has 1 aromatic rings. The van der Waals surface area contributed by atoms with Gasteiger partial charge < -0.3 is 13.9 Å². The first kappa shape index (κ1) is 19.9. The molecule has 0 saturated carbocycles. The van der Waals surface area contributed by atoms with Crippen molar-refractivity contribution in [1.82, 2.24) is 4.90 Å². The maximum absolute atomic E-state index is 12.8. The number of benzene rings is 1. The van der Waals surface area contributed by atoms with Crippen LogP contribution in [0, 0.1) is 0 Å². The highest BCUT2D eigenvalue weighted by Gasteiger charge is 2.54. The lowest BCUT2D eigenvalue weighted by Gasteiger charge is -2.41. The van der Waals surface area contributed by atoms with Crippen molar-refractivity contribution >= 4 is 14.4 Å². The summed E-state index contributed by atoms with van der Waals surface area (Å²) in [5.74, 6) is -0.845. The largest absolute Gasteiger partial charge is 0.444 e. The lowest BCUT2D eigenvalue weighted by atomic mass is 9.99. The van der Waals surface area contributed by atoms with Gasteiger partial charge in [-0.1, -0.05) is 30.3 Å². The van der Waals surface area contributed by atoms with Crippen molar-refractivity contribution in [1.29, 1.82) is 0 Å². The fraction of sp³-hybridized carbons (Fsp3) is 0.632. The van der Waals surface area contributed by atoms with Crippen LogP contribution in [0.3, 0.4) is 0 Å². The van der Waals surface area contributed by atoms with Gasteiger partial charge in [0.15, 0.2) is 14.1 Å². The van der Waals surface area contributed by atoms with Gasteiger partial charge >= 0.3 is 6.09 Å². The minimum atomic E-state index is -1.91. The van der Waals surface area contributed by atoms with Crippen molar-refractivity contribution in [3.63, 3.8) is 0 Å². The van der Waals surface area contributed by atoms with Crippen LogP contribution in [-0.2, 0) is 13.9 Å². The summed E-state index contributed by atoms with van der Waals surface area (Å²) in [6.07, 6.45) is 0.284. The summed E-state index contributed by atoms with van der Waals surface area (Å²) < 4.78 is 18.0.